The van der Waals surface area contributed by atoms with Gasteiger partial charge in [0.15, 0.2) is 5.96 Å². The molecule has 1 aromatic rings. The third-order valence-electron chi connectivity index (χ3n) is 2.91. The summed E-state index contributed by atoms with van der Waals surface area (Å²) >= 11 is 0. The SMILES string of the molecule is CCNC(=NCc1ccc(OC)cc1)NCCCS(C)(=O)=O.I. The number of guanidine groups is 1. The first kappa shape index (κ1) is 22.0. The van der Waals surface area contributed by atoms with E-state index in [1.165, 1.54) is 6.26 Å². The largest absolute Gasteiger partial charge is 0.497 e. The second kappa shape index (κ2) is 11.5. The molecule has 0 fully saturated rings. The minimum absolute atomic E-state index is 0. The fourth-order valence-corrected chi connectivity index (χ4v) is 2.45. The minimum Gasteiger partial charge on any atom is -0.497 e. The highest BCUT2D eigenvalue weighted by Crippen LogP contribution is 2.11. The van der Waals surface area contributed by atoms with Gasteiger partial charge >= 0.3 is 0 Å². The number of nitrogens with zero attached hydrogens (tertiary/aromatic N) is 1. The van der Waals surface area contributed by atoms with Crippen molar-refractivity contribution in [3.63, 3.8) is 0 Å². The van der Waals surface area contributed by atoms with Gasteiger partial charge in [-0.15, -0.1) is 24.0 Å². The van der Waals surface area contributed by atoms with Crippen LogP contribution in [0.5, 0.6) is 5.75 Å². The maximum atomic E-state index is 11.1. The maximum Gasteiger partial charge on any atom is 0.191 e. The molecule has 0 aliphatic carbocycles. The number of ether oxygens (including phenoxy) is 1. The topological polar surface area (TPSA) is 79.8 Å². The van der Waals surface area contributed by atoms with Crippen LogP contribution in [0.25, 0.3) is 0 Å². The van der Waals surface area contributed by atoms with E-state index in [0.29, 0.717) is 25.5 Å². The Labute approximate surface area is 156 Å². The van der Waals surface area contributed by atoms with Gasteiger partial charge in [-0.1, -0.05) is 12.1 Å². The highest BCUT2D eigenvalue weighted by atomic mass is 127. The van der Waals surface area contributed by atoms with Gasteiger partial charge in [0, 0.05) is 19.3 Å². The van der Waals surface area contributed by atoms with Crippen LogP contribution in [0.3, 0.4) is 0 Å². The Bertz CT molecular complexity index is 574. The molecule has 0 bridgehead atoms. The summed E-state index contributed by atoms with van der Waals surface area (Å²) in [6.07, 6.45) is 1.81. The first-order valence-electron chi connectivity index (χ1n) is 7.27. The standard InChI is InChI=1S/C15H25N3O3S.HI/c1-4-16-15(17-10-5-11-22(3,19)20)18-12-13-6-8-14(21-2)9-7-13;/h6-9H,4-5,10-12H2,1-3H3,(H2,16,17,18);1H. The summed E-state index contributed by atoms with van der Waals surface area (Å²) in [5.74, 6) is 1.68. The van der Waals surface area contributed by atoms with Crippen molar-refractivity contribution in [2.75, 3.05) is 32.2 Å². The highest BCUT2D eigenvalue weighted by Gasteiger charge is 2.02. The van der Waals surface area contributed by atoms with Crippen LogP contribution in [0.15, 0.2) is 29.3 Å². The molecule has 0 aliphatic heterocycles. The van der Waals surface area contributed by atoms with Crippen LogP contribution < -0.4 is 15.4 Å². The molecule has 0 spiro atoms. The fraction of sp³-hybridized carbons (Fsp3) is 0.533. The lowest BCUT2D eigenvalue weighted by Crippen LogP contribution is -2.38. The number of halogens is 1. The summed E-state index contributed by atoms with van der Waals surface area (Å²) in [4.78, 5) is 4.48. The predicted octanol–water partition coefficient (Wildman–Crippen LogP) is 1.80. The molecule has 0 saturated carbocycles. The van der Waals surface area contributed by atoms with Gasteiger partial charge in [0.05, 0.1) is 19.4 Å². The van der Waals surface area contributed by atoms with Gasteiger partial charge in [0.2, 0.25) is 0 Å². The van der Waals surface area contributed by atoms with Crippen molar-refractivity contribution >= 4 is 39.8 Å². The Hall–Kier alpha value is -1.03. The summed E-state index contributed by atoms with van der Waals surface area (Å²) in [5, 5.41) is 6.27. The summed E-state index contributed by atoms with van der Waals surface area (Å²) < 4.78 is 27.3. The van der Waals surface area contributed by atoms with Crippen LogP contribution >= 0.6 is 24.0 Å². The van der Waals surface area contributed by atoms with Crippen molar-refractivity contribution < 1.29 is 13.2 Å². The summed E-state index contributed by atoms with van der Waals surface area (Å²) in [6, 6.07) is 7.74. The number of sulfone groups is 1. The van der Waals surface area contributed by atoms with Crippen LogP contribution in [-0.2, 0) is 16.4 Å². The highest BCUT2D eigenvalue weighted by molar-refractivity contribution is 14.0. The third-order valence-corrected chi connectivity index (χ3v) is 3.94. The van der Waals surface area contributed by atoms with Crippen molar-refractivity contribution in [2.45, 2.75) is 19.9 Å². The Balaban J connectivity index is 0.00000484. The number of aliphatic imine (C=N–C) groups is 1. The molecule has 0 aromatic heterocycles. The van der Waals surface area contributed by atoms with Crippen molar-refractivity contribution in [1.82, 2.24) is 10.6 Å². The van der Waals surface area contributed by atoms with Crippen molar-refractivity contribution in [2.24, 2.45) is 4.99 Å². The van der Waals surface area contributed by atoms with E-state index in [0.717, 1.165) is 17.9 Å². The average molecular weight is 455 g/mol. The van der Waals surface area contributed by atoms with Crippen LogP contribution in [-0.4, -0.2) is 46.6 Å². The summed E-state index contributed by atoms with van der Waals surface area (Å²) in [5.41, 5.74) is 1.08. The van der Waals surface area contributed by atoms with Gasteiger partial charge in [-0.25, -0.2) is 13.4 Å². The molecular formula is C15H26IN3O3S. The first-order valence-corrected chi connectivity index (χ1v) is 9.33. The zero-order chi connectivity index (χ0) is 16.4. The van der Waals surface area contributed by atoms with Gasteiger partial charge in [-0.3, -0.25) is 0 Å². The number of benzene rings is 1. The third kappa shape index (κ3) is 10.4. The zero-order valence-electron chi connectivity index (χ0n) is 13.8. The van der Waals surface area contributed by atoms with E-state index >= 15 is 0 Å². The van der Waals surface area contributed by atoms with E-state index in [1.54, 1.807) is 7.11 Å². The Kier molecular flexibility index (Phi) is 11.0. The van der Waals surface area contributed by atoms with Crippen LogP contribution in [0.1, 0.15) is 18.9 Å². The van der Waals surface area contributed by atoms with E-state index in [1.807, 2.05) is 31.2 Å². The summed E-state index contributed by atoms with van der Waals surface area (Å²) in [6.45, 7) is 3.86. The molecule has 6 nitrogen and oxygen atoms in total. The number of hydrogen-bond acceptors (Lipinski definition) is 4. The normalized spacial score (nSPS) is 11.5. The second-order valence-corrected chi connectivity index (χ2v) is 7.21. The van der Waals surface area contributed by atoms with Gasteiger partial charge in [0.25, 0.3) is 0 Å². The molecule has 0 radical (unpaired) electrons. The lowest BCUT2D eigenvalue weighted by molar-refractivity contribution is 0.414. The van der Waals surface area contributed by atoms with Crippen LogP contribution in [0.2, 0.25) is 0 Å². The minimum atomic E-state index is -2.91. The van der Waals surface area contributed by atoms with E-state index in [4.69, 9.17) is 4.74 Å². The van der Waals surface area contributed by atoms with E-state index in [-0.39, 0.29) is 29.7 Å². The van der Waals surface area contributed by atoms with Crippen molar-refractivity contribution in [1.29, 1.82) is 0 Å². The molecule has 0 heterocycles. The van der Waals surface area contributed by atoms with Gasteiger partial charge in [-0.2, -0.15) is 0 Å². The smallest absolute Gasteiger partial charge is 0.191 e. The van der Waals surface area contributed by atoms with Gasteiger partial charge in [0.1, 0.15) is 15.6 Å². The monoisotopic (exact) mass is 455 g/mol. The second-order valence-electron chi connectivity index (χ2n) is 4.95. The molecular weight excluding hydrogens is 429 g/mol. The quantitative estimate of drug-likeness (QED) is 0.271. The molecule has 0 atom stereocenters. The number of rotatable bonds is 8. The molecule has 0 amide bonds. The Morgan fingerprint density at radius 3 is 2.39 bits per heavy atom. The zero-order valence-corrected chi connectivity index (χ0v) is 17.0. The number of methoxy groups -OCH3 is 1. The molecule has 132 valence electrons. The van der Waals surface area contributed by atoms with E-state index in [2.05, 4.69) is 15.6 Å². The lowest BCUT2D eigenvalue weighted by Gasteiger charge is -2.11. The van der Waals surface area contributed by atoms with Crippen molar-refractivity contribution in [3.8, 4) is 5.75 Å². The van der Waals surface area contributed by atoms with Gasteiger partial charge in [-0.05, 0) is 31.0 Å². The van der Waals surface area contributed by atoms with Gasteiger partial charge < -0.3 is 15.4 Å². The molecule has 2 N–H and O–H groups in total. The number of hydrogen-bond donors (Lipinski definition) is 2. The van der Waals surface area contributed by atoms with Crippen LogP contribution in [0.4, 0.5) is 0 Å². The van der Waals surface area contributed by atoms with Crippen molar-refractivity contribution in [3.05, 3.63) is 29.8 Å². The predicted molar refractivity (Wildman–Crippen MR) is 106 cm³/mol. The Morgan fingerprint density at radius 2 is 1.87 bits per heavy atom. The molecule has 0 aliphatic rings. The molecule has 0 unspecified atom stereocenters. The molecule has 1 rings (SSSR count). The Morgan fingerprint density at radius 1 is 1.22 bits per heavy atom. The number of nitrogens with one attached hydrogen (secondary N) is 2. The molecule has 0 saturated heterocycles. The van der Waals surface area contributed by atoms with E-state index in [9.17, 15) is 8.42 Å². The average Bonchev–Trinajstić information content (AvgIpc) is 2.48. The first-order chi connectivity index (χ1) is 10.4. The molecule has 23 heavy (non-hydrogen) atoms. The van der Waals surface area contributed by atoms with Crippen LogP contribution in [0, 0.1) is 0 Å². The lowest BCUT2D eigenvalue weighted by atomic mass is 10.2. The van der Waals surface area contributed by atoms with E-state index < -0.39 is 9.84 Å². The maximum absolute atomic E-state index is 11.1. The molecule has 1 aromatic carbocycles. The molecule has 8 heteroatoms. The summed E-state index contributed by atoms with van der Waals surface area (Å²) in [7, 11) is -1.27. The fourth-order valence-electron chi connectivity index (χ4n) is 1.78.